The number of aliphatic hydroxyl groups is 1. The average Bonchev–Trinajstić information content (AvgIpc) is 2.85. The minimum absolute atomic E-state index is 0.361. The highest BCUT2D eigenvalue weighted by molar-refractivity contribution is 6.31. The van der Waals surface area contributed by atoms with Crippen LogP contribution in [0.3, 0.4) is 0 Å². The number of nitrogens with one attached hydrogen (secondary N) is 1. The van der Waals surface area contributed by atoms with E-state index < -0.39 is 5.60 Å². The fraction of sp³-hybridized carbons (Fsp3) is 0.562. The summed E-state index contributed by atoms with van der Waals surface area (Å²) in [6.45, 7) is 0. The number of hydrogen-bond donors (Lipinski definition) is 2. The van der Waals surface area contributed by atoms with Gasteiger partial charge in [-0.05, 0) is 49.7 Å². The van der Waals surface area contributed by atoms with Crippen LogP contribution in [0.1, 0.15) is 44.1 Å². The second-order valence-electron chi connectivity index (χ2n) is 6.37. The molecule has 0 spiro atoms. The summed E-state index contributed by atoms with van der Waals surface area (Å²) in [5.74, 6) is 0.722. The molecule has 106 valence electrons. The SMILES string of the molecule is OC1(c2cc(Cl)cc3cn[nH]c23)C2CCCC1CCC2. The molecule has 2 aromatic rings. The molecular formula is C16H19ClN2O. The third-order valence-electron chi connectivity index (χ3n) is 5.40. The van der Waals surface area contributed by atoms with Crippen LogP contribution in [0.15, 0.2) is 18.3 Å². The Morgan fingerprint density at radius 1 is 1.15 bits per heavy atom. The van der Waals surface area contributed by atoms with Gasteiger partial charge in [-0.1, -0.05) is 24.4 Å². The van der Waals surface area contributed by atoms with Gasteiger partial charge >= 0.3 is 0 Å². The lowest BCUT2D eigenvalue weighted by atomic mass is 9.59. The molecule has 3 nitrogen and oxygen atoms in total. The number of rotatable bonds is 1. The lowest BCUT2D eigenvalue weighted by molar-refractivity contribution is -0.125. The highest BCUT2D eigenvalue weighted by Crippen LogP contribution is 2.54. The highest BCUT2D eigenvalue weighted by atomic mass is 35.5. The van der Waals surface area contributed by atoms with Crippen molar-refractivity contribution in [1.82, 2.24) is 10.2 Å². The average molecular weight is 291 g/mol. The molecule has 2 aliphatic rings. The Morgan fingerprint density at radius 3 is 2.45 bits per heavy atom. The molecule has 4 heteroatoms. The van der Waals surface area contributed by atoms with Crippen LogP contribution in [-0.2, 0) is 5.60 Å². The van der Waals surface area contributed by atoms with Crippen LogP contribution < -0.4 is 0 Å². The van der Waals surface area contributed by atoms with Crippen molar-refractivity contribution in [1.29, 1.82) is 0 Å². The minimum Gasteiger partial charge on any atom is -0.385 e. The van der Waals surface area contributed by atoms with Gasteiger partial charge in [0.05, 0.1) is 17.3 Å². The molecule has 0 amide bonds. The first-order valence-corrected chi connectivity index (χ1v) is 7.93. The molecule has 0 saturated heterocycles. The molecule has 0 atom stereocenters. The predicted molar refractivity (Wildman–Crippen MR) is 79.7 cm³/mol. The van der Waals surface area contributed by atoms with E-state index in [1.807, 2.05) is 12.1 Å². The van der Waals surface area contributed by atoms with E-state index in [0.29, 0.717) is 16.9 Å². The van der Waals surface area contributed by atoms with Crippen LogP contribution in [0.4, 0.5) is 0 Å². The highest BCUT2D eigenvalue weighted by Gasteiger charge is 2.50. The van der Waals surface area contributed by atoms with Gasteiger partial charge in [0, 0.05) is 16.0 Å². The van der Waals surface area contributed by atoms with Crippen molar-refractivity contribution in [2.75, 3.05) is 0 Å². The first-order valence-electron chi connectivity index (χ1n) is 7.55. The van der Waals surface area contributed by atoms with Crippen molar-refractivity contribution in [2.45, 2.75) is 44.1 Å². The number of benzene rings is 1. The van der Waals surface area contributed by atoms with Gasteiger partial charge in [0.1, 0.15) is 0 Å². The number of aromatic nitrogens is 2. The van der Waals surface area contributed by atoms with E-state index in [4.69, 9.17) is 11.6 Å². The van der Waals surface area contributed by atoms with Gasteiger partial charge in [-0.25, -0.2) is 0 Å². The van der Waals surface area contributed by atoms with Crippen molar-refractivity contribution < 1.29 is 5.11 Å². The van der Waals surface area contributed by atoms with Crippen molar-refractivity contribution in [3.8, 4) is 0 Å². The molecule has 4 rings (SSSR count). The van der Waals surface area contributed by atoms with Crippen molar-refractivity contribution in [3.63, 3.8) is 0 Å². The molecule has 20 heavy (non-hydrogen) atoms. The van der Waals surface area contributed by atoms with Gasteiger partial charge in [0.2, 0.25) is 0 Å². The van der Waals surface area contributed by atoms with E-state index in [9.17, 15) is 5.11 Å². The number of aromatic amines is 1. The van der Waals surface area contributed by atoms with Crippen LogP contribution in [0.5, 0.6) is 0 Å². The maximum absolute atomic E-state index is 11.6. The summed E-state index contributed by atoms with van der Waals surface area (Å²) in [6, 6.07) is 3.85. The van der Waals surface area contributed by atoms with E-state index in [-0.39, 0.29) is 0 Å². The molecule has 0 aliphatic heterocycles. The summed E-state index contributed by atoms with van der Waals surface area (Å²) in [5.41, 5.74) is 1.19. The van der Waals surface area contributed by atoms with Crippen LogP contribution >= 0.6 is 11.6 Å². The van der Waals surface area contributed by atoms with Crippen LogP contribution in [0.25, 0.3) is 10.9 Å². The zero-order valence-electron chi connectivity index (χ0n) is 11.4. The molecule has 2 aliphatic carbocycles. The van der Waals surface area contributed by atoms with Crippen molar-refractivity contribution >= 4 is 22.5 Å². The summed E-state index contributed by atoms with van der Waals surface area (Å²) in [5, 5.41) is 20.4. The second kappa shape index (κ2) is 4.47. The fourth-order valence-corrected chi connectivity index (χ4v) is 4.73. The van der Waals surface area contributed by atoms with E-state index in [1.54, 1.807) is 6.20 Å². The Morgan fingerprint density at radius 2 is 1.80 bits per heavy atom. The van der Waals surface area contributed by atoms with Crippen LogP contribution in [0, 0.1) is 11.8 Å². The molecular weight excluding hydrogens is 272 g/mol. The maximum atomic E-state index is 11.6. The van der Waals surface area contributed by atoms with Crippen molar-refractivity contribution in [2.24, 2.45) is 11.8 Å². The van der Waals surface area contributed by atoms with Gasteiger partial charge in [-0.3, -0.25) is 5.10 Å². The van der Waals surface area contributed by atoms with Gasteiger partial charge in [-0.2, -0.15) is 5.10 Å². The third kappa shape index (κ3) is 1.66. The molecule has 2 N–H and O–H groups in total. The summed E-state index contributed by atoms with van der Waals surface area (Å²) in [7, 11) is 0. The van der Waals surface area contributed by atoms with Gasteiger partial charge in [0.15, 0.2) is 0 Å². The molecule has 0 unspecified atom stereocenters. The molecule has 1 aromatic heterocycles. The number of nitrogens with zero attached hydrogens (tertiary/aromatic N) is 1. The Kier molecular flexibility index (Phi) is 2.83. The van der Waals surface area contributed by atoms with E-state index in [0.717, 1.165) is 42.1 Å². The maximum Gasteiger partial charge on any atom is 0.0973 e. The predicted octanol–water partition coefficient (Wildman–Crippen LogP) is 4.00. The Labute approximate surface area is 123 Å². The molecule has 1 heterocycles. The first kappa shape index (κ1) is 12.7. The molecule has 2 fully saturated rings. The standard InChI is InChI=1S/C16H19ClN2O/c17-13-7-10-9-18-19-15(10)14(8-13)16(20)11-3-1-4-12(16)6-2-5-11/h7-9,11-12,20H,1-6H2,(H,18,19). The molecule has 0 radical (unpaired) electrons. The quantitative estimate of drug-likeness (QED) is 0.834. The number of hydrogen-bond acceptors (Lipinski definition) is 2. The normalized spacial score (nSPS) is 33.5. The molecule has 2 saturated carbocycles. The van der Waals surface area contributed by atoms with Crippen molar-refractivity contribution in [3.05, 3.63) is 28.9 Å². The van der Waals surface area contributed by atoms with E-state index >= 15 is 0 Å². The lowest BCUT2D eigenvalue weighted by Gasteiger charge is -2.50. The van der Waals surface area contributed by atoms with Crippen LogP contribution in [-0.4, -0.2) is 15.3 Å². The summed E-state index contributed by atoms with van der Waals surface area (Å²) < 4.78 is 0. The zero-order chi connectivity index (χ0) is 13.7. The Balaban J connectivity index is 1.94. The minimum atomic E-state index is -0.730. The Hall–Kier alpha value is -1.06. The number of fused-ring (bicyclic) bond motifs is 3. The van der Waals surface area contributed by atoms with E-state index in [2.05, 4.69) is 10.2 Å². The smallest absolute Gasteiger partial charge is 0.0973 e. The Bertz CT molecular complexity index is 629. The first-order chi connectivity index (χ1) is 9.69. The third-order valence-corrected chi connectivity index (χ3v) is 5.62. The number of halogens is 1. The van der Waals surface area contributed by atoms with Gasteiger partial charge < -0.3 is 5.11 Å². The van der Waals surface area contributed by atoms with Gasteiger partial charge in [0.25, 0.3) is 0 Å². The molecule has 2 bridgehead atoms. The summed E-state index contributed by atoms with van der Waals surface area (Å²) in [4.78, 5) is 0. The zero-order valence-corrected chi connectivity index (χ0v) is 12.2. The summed E-state index contributed by atoms with van der Waals surface area (Å²) >= 11 is 6.27. The van der Waals surface area contributed by atoms with Gasteiger partial charge in [-0.15, -0.1) is 0 Å². The largest absolute Gasteiger partial charge is 0.385 e. The van der Waals surface area contributed by atoms with Crippen LogP contribution in [0.2, 0.25) is 5.02 Å². The second-order valence-corrected chi connectivity index (χ2v) is 6.81. The monoisotopic (exact) mass is 290 g/mol. The molecule has 1 aromatic carbocycles. The van der Waals surface area contributed by atoms with E-state index in [1.165, 1.54) is 12.8 Å². The summed E-state index contributed by atoms with van der Waals surface area (Å²) in [6.07, 6.45) is 8.75. The lowest BCUT2D eigenvalue weighted by Crippen LogP contribution is -2.48. The topological polar surface area (TPSA) is 48.9 Å². The number of H-pyrrole nitrogens is 1. The fourth-order valence-electron chi connectivity index (χ4n) is 4.50.